The zero-order valence-electron chi connectivity index (χ0n) is 8.09. The minimum atomic E-state index is -0.328. The normalized spacial score (nSPS) is 26.7. The van der Waals surface area contributed by atoms with Gasteiger partial charge in [-0.15, -0.1) is 0 Å². The van der Waals surface area contributed by atoms with Crippen LogP contribution in [0.25, 0.3) is 0 Å². The van der Waals surface area contributed by atoms with Crippen LogP contribution >= 0.6 is 0 Å². The van der Waals surface area contributed by atoms with Crippen LogP contribution in [-0.4, -0.2) is 13.1 Å². The quantitative estimate of drug-likeness (QED) is 0.746. The van der Waals surface area contributed by atoms with Gasteiger partial charge in [-0.05, 0) is 25.5 Å². The van der Waals surface area contributed by atoms with Gasteiger partial charge in [-0.1, -0.05) is 18.2 Å². The number of nitrogens with two attached hydrogens (primary N) is 1. The maximum absolute atomic E-state index is 13.6. The number of hydrogen-bond donors (Lipinski definition) is 2. The lowest BCUT2D eigenvalue weighted by molar-refractivity contribution is 0.382. The number of benzene rings is 1. The van der Waals surface area contributed by atoms with E-state index in [2.05, 4.69) is 5.32 Å². The predicted molar refractivity (Wildman–Crippen MR) is 54.4 cm³/mol. The van der Waals surface area contributed by atoms with Crippen molar-refractivity contribution in [3.8, 4) is 0 Å². The molecule has 14 heavy (non-hydrogen) atoms. The summed E-state index contributed by atoms with van der Waals surface area (Å²) in [6.45, 7) is 1.37. The summed E-state index contributed by atoms with van der Waals surface area (Å²) in [6.07, 6.45) is 1.98. The first-order valence-electron chi connectivity index (χ1n) is 4.99. The van der Waals surface area contributed by atoms with Crippen LogP contribution in [-0.2, 0) is 5.54 Å². The van der Waals surface area contributed by atoms with Gasteiger partial charge in [-0.3, -0.25) is 0 Å². The average Bonchev–Trinajstić information content (AvgIpc) is 2.68. The Labute approximate surface area is 83.3 Å². The second-order valence-electron chi connectivity index (χ2n) is 3.80. The molecule has 0 aromatic heterocycles. The SMILES string of the molecule is NCC1(c2ccccc2F)CCCN1. The fourth-order valence-corrected chi connectivity index (χ4v) is 2.17. The Bertz CT molecular complexity index is 319. The van der Waals surface area contributed by atoms with Crippen LogP contribution < -0.4 is 11.1 Å². The first-order valence-corrected chi connectivity index (χ1v) is 4.99. The third-order valence-electron chi connectivity index (χ3n) is 2.98. The van der Waals surface area contributed by atoms with Gasteiger partial charge in [0.1, 0.15) is 5.82 Å². The zero-order valence-corrected chi connectivity index (χ0v) is 8.09. The van der Waals surface area contributed by atoms with Crippen LogP contribution in [0.4, 0.5) is 4.39 Å². The molecule has 1 atom stereocenters. The lowest BCUT2D eigenvalue weighted by Crippen LogP contribution is -2.44. The molecule has 0 radical (unpaired) electrons. The zero-order chi connectivity index (χ0) is 10.0. The highest BCUT2D eigenvalue weighted by Crippen LogP contribution is 2.31. The molecule has 1 aromatic rings. The van der Waals surface area contributed by atoms with E-state index in [0.29, 0.717) is 12.1 Å². The first kappa shape index (κ1) is 9.62. The summed E-state index contributed by atoms with van der Waals surface area (Å²) in [4.78, 5) is 0. The summed E-state index contributed by atoms with van der Waals surface area (Å²) in [5, 5.41) is 3.31. The van der Waals surface area contributed by atoms with Gasteiger partial charge in [0.15, 0.2) is 0 Å². The minimum absolute atomic E-state index is 0.160. The van der Waals surface area contributed by atoms with Gasteiger partial charge in [0.05, 0.1) is 5.54 Å². The van der Waals surface area contributed by atoms with E-state index in [1.807, 2.05) is 12.1 Å². The fourth-order valence-electron chi connectivity index (χ4n) is 2.17. The molecular formula is C11H15FN2. The molecule has 1 aliphatic rings. The van der Waals surface area contributed by atoms with E-state index in [1.54, 1.807) is 6.07 Å². The van der Waals surface area contributed by atoms with E-state index in [-0.39, 0.29) is 11.4 Å². The van der Waals surface area contributed by atoms with Gasteiger partial charge in [-0.25, -0.2) is 4.39 Å². The van der Waals surface area contributed by atoms with Gasteiger partial charge < -0.3 is 11.1 Å². The van der Waals surface area contributed by atoms with Crippen molar-refractivity contribution >= 4 is 0 Å². The molecule has 2 nitrogen and oxygen atoms in total. The van der Waals surface area contributed by atoms with Gasteiger partial charge >= 0.3 is 0 Å². The van der Waals surface area contributed by atoms with Crippen molar-refractivity contribution in [1.82, 2.24) is 5.32 Å². The van der Waals surface area contributed by atoms with Crippen LogP contribution in [0.15, 0.2) is 24.3 Å². The van der Waals surface area contributed by atoms with Crippen molar-refractivity contribution in [2.75, 3.05) is 13.1 Å². The summed E-state index contributed by atoms with van der Waals surface area (Å²) >= 11 is 0. The Hall–Kier alpha value is -0.930. The van der Waals surface area contributed by atoms with Crippen molar-refractivity contribution in [1.29, 1.82) is 0 Å². The fraction of sp³-hybridized carbons (Fsp3) is 0.455. The highest BCUT2D eigenvalue weighted by molar-refractivity contribution is 5.28. The number of nitrogens with one attached hydrogen (secondary N) is 1. The van der Waals surface area contributed by atoms with Gasteiger partial charge in [0.25, 0.3) is 0 Å². The molecule has 1 unspecified atom stereocenters. The van der Waals surface area contributed by atoms with Gasteiger partial charge in [-0.2, -0.15) is 0 Å². The summed E-state index contributed by atoms with van der Waals surface area (Å²) in [6, 6.07) is 6.88. The molecule has 1 aliphatic heterocycles. The molecule has 0 aliphatic carbocycles. The molecule has 3 N–H and O–H groups in total. The highest BCUT2D eigenvalue weighted by atomic mass is 19.1. The Balaban J connectivity index is 2.41. The molecule has 2 rings (SSSR count). The predicted octanol–water partition coefficient (Wildman–Crippen LogP) is 1.36. The Morgan fingerprint density at radius 1 is 1.43 bits per heavy atom. The molecule has 1 heterocycles. The monoisotopic (exact) mass is 194 g/mol. The van der Waals surface area contributed by atoms with Crippen molar-refractivity contribution in [2.45, 2.75) is 18.4 Å². The molecule has 0 amide bonds. The number of hydrogen-bond acceptors (Lipinski definition) is 2. The van der Waals surface area contributed by atoms with Crippen LogP contribution in [0, 0.1) is 5.82 Å². The Morgan fingerprint density at radius 2 is 2.21 bits per heavy atom. The first-order chi connectivity index (χ1) is 6.78. The van der Waals surface area contributed by atoms with E-state index in [1.165, 1.54) is 6.07 Å². The second kappa shape index (κ2) is 3.67. The van der Waals surface area contributed by atoms with E-state index >= 15 is 0 Å². The number of rotatable bonds is 2. The van der Waals surface area contributed by atoms with Crippen LogP contribution in [0.5, 0.6) is 0 Å². The Kier molecular flexibility index (Phi) is 2.52. The lowest BCUT2D eigenvalue weighted by Gasteiger charge is -2.28. The molecule has 1 aromatic carbocycles. The summed E-state index contributed by atoms with van der Waals surface area (Å²) in [7, 11) is 0. The van der Waals surface area contributed by atoms with Crippen molar-refractivity contribution < 1.29 is 4.39 Å². The maximum Gasteiger partial charge on any atom is 0.128 e. The van der Waals surface area contributed by atoms with Crippen molar-refractivity contribution in [2.24, 2.45) is 5.73 Å². The minimum Gasteiger partial charge on any atom is -0.328 e. The highest BCUT2D eigenvalue weighted by Gasteiger charge is 2.35. The Morgan fingerprint density at radius 3 is 2.79 bits per heavy atom. The third-order valence-corrected chi connectivity index (χ3v) is 2.98. The van der Waals surface area contributed by atoms with Crippen LogP contribution in [0.1, 0.15) is 18.4 Å². The molecule has 76 valence electrons. The van der Waals surface area contributed by atoms with Crippen molar-refractivity contribution in [3.05, 3.63) is 35.6 Å². The molecule has 3 heteroatoms. The smallest absolute Gasteiger partial charge is 0.128 e. The topological polar surface area (TPSA) is 38.0 Å². The summed E-state index contributed by atoms with van der Waals surface area (Å²) < 4.78 is 13.6. The molecule has 1 saturated heterocycles. The molecule has 0 spiro atoms. The van der Waals surface area contributed by atoms with E-state index in [9.17, 15) is 4.39 Å². The second-order valence-corrected chi connectivity index (χ2v) is 3.80. The number of halogens is 1. The largest absolute Gasteiger partial charge is 0.328 e. The lowest BCUT2D eigenvalue weighted by atomic mass is 9.88. The average molecular weight is 194 g/mol. The van der Waals surface area contributed by atoms with E-state index < -0.39 is 0 Å². The third kappa shape index (κ3) is 1.42. The molecule has 0 saturated carbocycles. The summed E-state index contributed by atoms with van der Waals surface area (Å²) in [5.74, 6) is -0.160. The summed E-state index contributed by atoms with van der Waals surface area (Å²) in [5.41, 5.74) is 6.12. The van der Waals surface area contributed by atoms with Crippen molar-refractivity contribution in [3.63, 3.8) is 0 Å². The molecular weight excluding hydrogens is 179 g/mol. The van der Waals surface area contributed by atoms with Crippen LogP contribution in [0.3, 0.4) is 0 Å². The van der Waals surface area contributed by atoms with E-state index in [4.69, 9.17) is 5.73 Å². The van der Waals surface area contributed by atoms with E-state index in [0.717, 1.165) is 19.4 Å². The molecule has 0 bridgehead atoms. The van der Waals surface area contributed by atoms with Gasteiger partial charge in [0.2, 0.25) is 0 Å². The maximum atomic E-state index is 13.6. The standard InChI is InChI=1S/C11H15FN2/c12-10-5-2-1-4-9(10)11(8-13)6-3-7-14-11/h1-2,4-5,14H,3,6-8,13H2. The van der Waals surface area contributed by atoms with Crippen LogP contribution in [0.2, 0.25) is 0 Å². The van der Waals surface area contributed by atoms with Gasteiger partial charge in [0, 0.05) is 12.1 Å². The molecule has 1 fully saturated rings.